The lowest BCUT2D eigenvalue weighted by atomic mass is 10.0. The van der Waals surface area contributed by atoms with Crippen molar-refractivity contribution < 1.29 is 9.50 Å². The molecule has 1 N–H and O–H groups in total. The molecule has 0 bridgehead atoms. The van der Waals surface area contributed by atoms with Gasteiger partial charge in [0.2, 0.25) is 0 Å². The summed E-state index contributed by atoms with van der Waals surface area (Å²) >= 11 is 0. The van der Waals surface area contributed by atoms with Crippen LogP contribution in [0.25, 0.3) is 0 Å². The van der Waals surface area contributed by atoms with Gasteiger partial charge >= 0.3 is 0 Å². The molecule has 0 aliphatic heterocycles. The van der Waals surface area contributed by atoms with E-state index in [0.29, 0.717) is 22.5 Å². The largest absolute Gasteiger partial charge is 0.389 e. The predicted molar refractivity (Wildman–Crippen MR) is 76.3 cm³/mol. The van der Waals surface area contributed by atoms with E-state index in [9.17, 15) is 9.50 Å². The van der Waals surface area contributed by atoms with Crippen molar-refractivity contribution in [2.45, 2.75) is 13.0 Å². The second-order valence-corrected chi connectivity index (χ2v) is 4.60. The highest BCUT2D eigenvalue weighted by Crippen LogP contribution is 2.31. The number of benzene rings is 2. The highest BCUT2D eigenvalue weighted by molar-refractivity contribution is 5.68. The van der Waals surface area contributed by atoms with E-state index in [1.54, 1.807) is 49.2 Å². The Hall–Kier alpha value is -2.38. The number of aliphatic hydroxyl groups is 1. The van der Waals surface area contributed by atoms with E-state index >= 15 is 0 Å². The molecule has 0 unspecified atom stereocenters. The molecule has 0 saturated heterocycles. The number of halogens is 1. The molecular formula is C16H15FN2O. The van der Waals surface area contributed by atoms with Crippen LogP contribution in [0, 0.1) is 17.1 Å². The molecule has 20 heavy (non-hydrogen) atoms. The summed E-state index contributed by atoms with van der Waals surface area (Å²) in [4.78, 5) is 1.76. The Balaban J connectivity index is 2.52. The van der Waals surface area contributed by atoms with Gasteiger partial charge in [0.05, 0.1) is 17.7 Å². The lowest BCUT2D eigenvalue weighted by Crippen LogP contribution is -2.13. The van der Waals surface area contributed by atoms with Crippen LogP contribution in [0.4, 0.5) is 15.8 Å². The SMILES string of the molecule is C[C@@H](O)c1ccc(C#N)cc1N(C)c1cccc(F)c1. The second kappa shape index (κ2) is 5.72. The fourth-order valence-corrected chi connectivity index (χ4v) is 2.08. The van der Waals surface area contributed by atoms with Gasteiger partial charge in [0.1, 0.15) is 5.82 Å². The van der Waals surface area contributed by atoms with Crippen LogP contribution in [0.3, 0.4) is 0 Å². The summed E-state index contributed by atoms with van der Waals surface area (Å²) in [5.74, 6) is -0.329. The van der Waals surface area contributed by atoms with E-state index in [2.05, 4.69) is 6.07 Å². The number of hydrogen-bond acceptors (Lipinski definition) is 3. The van der Waals surface area contributed by atoms with Crippen molar-refractivity contribution in [3.05, 3.63) is 59.4 Å². The van der Waals surface area contributed by atoms with E-state index in [0.717, 1.165) is 0 Å². The van der Waals surface area contributed by atoms with Crippen LogP contribution in [0.5, 0.6) is 0 Å². The molecule has 2 aromatic rings. The van der Waals surface area contributed by atoms with Crippen molar-refractivity contribution in [1.29, 1.82) is 5.26 Å². The molecule has 2 aromatic carbocycles. The average molecular weight is 270 g/mol. The Morgan fingerprint density at radius 3 is 2.60 bits per heavy atom. The number of anilines is 2. The minimum atomic E-state index is -0.672. The van der Waals surface area contributed by atoms with Gasteiger partial charge in [0.15, 0.2) is 0 Å². The Morgan fingerprint density at radius 2 is 2.00 bits per heavy atom. The maximum Gasteiger partial charge on any atom is 0.125 e. The van der Waals surface area contributed by atoms with Gasteiger partial charge in [0, 0.05) is 24.0 Å². The Kier molecular flexibility index (Phi) is 4.02. The lowest BCUT2D eigenvalue weighted by molar-refractivity contribution is 0.200. The van der Waals surface area contributed by atoms with Crippen molar-refractivity contribution in [2.75, 3.05) is 11.9 Å². The summed E-state index contributed by atoms with van der Waals surface area (Å²) in [5.41, 5.74) is 2.52. The van der Waals surface area contributed by atoms with Crippen molar-refractivity contribution in [1.82, 2.24) is 0 Å². The molecule has 4 heteroatoms. The summed E-state index contributed by atoms with van der Waals surface area (Å²) in [6.45, 7) is 1.66. The Morgan fingerprint density at radius 1 is 1.25 bits per heavy atom. The molecule has 0 saturated carbocycles. The van der Waals surface area contributed by atoms with Crippen LogP contribution in [0.2, 0.25) is 0 Å². The molecule has 0 radical (unpaired) electrons. The first-order chi connectivity index (χ1) is 9.52. The van der Waals surface area contributed by atoms with Crippen LogP contribution >= 0.6 is 0 Å². The maximum atomic E-state index is 13.3. The van der Waals surface area contributed by atoms with Crippen LogP contribution in [0.1, 0.15) is 24.2 Å². The van der Waals surface area contributed by atoms with E-state index in [4.69, 9.17) is 5.26 Å². The Labute approximate surface area is 117 Å². The van der Waals surface area contributed by atoms with Gasteiger partial charge in [-0.15, -0.1) is 0 Å². The summed E-state index contributed by atoms with van der Waals surface area (Å²) in [6.07, 6.45) is -0.672. The lowest BCUT2D eigenvalue weighted by Gasteiger charge is -2.24. The molecule has 2 rings (SSSR count). The highest BCUT2D eigenvalue weighted by Gasteiger charge is 2.14. The van der Waals surface area contributed by atoms with E-state index < -0.39 is 6.10 Å². The molecular weight excluding hydrogens is 255 g/mol. The van der Waals surface area contributed by atoms with Crippen molar-refractivity contribution >= 4 is 11.4 Å². The van der Waals surface area contributed by atoms with Crippen molar-refractivity contribution in [3.8, 4) is 6.07 Å². The van der Waals surface area contributed by atoms with E-state index in [1.165, 1.54) is 12.1 Å². The predicted octanol–water partition coefficient (Wildman–Crippen LogP) is 3.52. The monoisotopic (exact) mass is 270 g/mol. The van der Waals surface area contributed by atoms with Gasteiger partial charge in [-0.25, -0.2) is 4.39 Å². The van der Waals surface area contributed by atoms with Gasteiger partial charge in [-0.1, -0.05) is 12.1 Å². The molecule has 0 amide bonds. The zero-order valence-corrected chi connectivity index (χ0v) is 11.3. The number of nitriles is 1. The molecule has 0 aliphatic rings. The minimum absolute atomic E-state index is 0.329. The van der Waals surface area contributed by atoms with Gasteiger partial charge < -0.3 is 10.0 Å². The summed E-state index contributed by atoms with van der Waals surface area (Å²) in [7, 11) is 1.77. The van der Waals surface area contributed by atoms with E-state index in [1.807, 2.05) is 0 Å². The quantitative estimate of drug-likeness (QED) is 0.928. The third kappa shape index (κ3) is 2.79. The zero-order valence-electron chi connectivity index (χ0n) is 11.3. The highest BCUT2D eigenvalue weighted by atomic mass is 19.1. The smallest absolute Gasteiger partial charge is 0.125 e. The van der Waals surface area contributed by atoms with Gasteiger partial charge in [0.25, 0.3) is 0 Å². The second-order valence-electron chi connectivity index (χ2n) is 4.60. The number of nitrogens with zero attached hydrogens (tertiary/aromatic N) is 2. The van der Waals surface area contributed by atoms with Crippen molar-refractivity contribution in [3.63, 3.8) is 0 Å². The first-order valence-electron chi connectivity index (χ1n) is 6.24. The van der Waals surface area contributed by atoms with Crippen LogP contribution in [-0.4, -0.2) is 12.2 Å². The minimum Gasteiger partial charge on any atom is -0.389 e. The van der Waals surface area contributed by atoms with Crippen LogP contribution in [-0.2, 0) is 0 Å². The van der Waals surface area contributed by atoms with Gasteiger partial charge in [-0.3, -0.25) is 0 Å². The molecule has 102 valence electrons. The zero-order chi connectivity index (χ0) is 14.7. The average Bonchev–Trinajstić information content (AvgIpc) is 2.45. The van der Waals surface area contributed by atoms with Crippen LogP contribution < -0.4 is 4.90 Å². The standard InChI is InChI=1S/C16H15FN2O/c1-11(20)15-7-6-12(10-18)8-16(15)19(2)14-5-3-4-13(17)9-14/h3-9,11,20H,1-2H3/t11-/m1/s1. The topological polar surface area (TPSA) is 47.3 Å². The van der Waals surface area contributed by atoms with Crippen LogP contribution in [0.15, 0.2) is 42.5 Å². The first kappa shape index (κ1) is 14.0. The molecule has 0 aromatic heterocycles. The summed E-state index contributed by atoms with van der Waals surface area (Å²) in [6, 6.07) is 13.3. The molecule has 0 heterocycles. The van der Waals surface area contributed by atoms with Crippen molar-refractivity contribution in [2.24, 2.45) is 0 Å². The third-order valence-electron chi connectivity index (χ3n) is 3.17. The summed E-state index contributed by atoms with van der Waals surface area (Å²) in [5, 5.41) is 18.8. The molecule has 1 atom stereocenters. The Bertz CT molecular complexity index is 662. The number of hydrogen-bond donors (Lipinski definition) is 1. The molecule has 0 fully saturated rings. The normalized spacial score (nSPS) is 11.8. The maximum absolute atomic E-state index is 13.3. The fourth-order valence-electron chi connectivity index (χ4n) is 2.08. The van der Waals surface area contributed by atoms with E-state index in [-0.39, 0.29) is 5.82 Å². The third-order valence-corrected chi connectivity index (χ3v) is 3.17. The first-order valence-corrected chi connectivity index (χ1v) is 6.24. The number of aliphatic hydroxyl groups excluding tert-OH is 1. The fraction of sp³-hybridized carbons (Fsp3) is 0.188. The van der Waals surface area contributed by atoms with Gasteiger partial charge in [-0.05, 0) is 37.3 Å². The molecule has 0 aliphatic carbocycles. The number of rotatable bonds is 3. The van der Waals surface area contributed by atoms with Gasteiger partial charge in [-0.2, -0.15) is 5.26 Å². The molecule has 3 nitrogen and oxygen atoms in total. The summed E-state index contributed by atoms with van der Waals surface area (Å²) < 4.78 is 13.3. The molecule has 0 spiro atoms.